The van der Waals surface area contributed by atoms with Crippen molar-refractivity contribution in [3.8, 4) is 68.7 Å². The van der Waals surface area contributed by atoms with E-state index in [-0.39, 0.29) is 29.3 Å². The first kappa shape index (κ1) is 41.6. The maximum Gasteiger partial charge on any atom is 0.167 e. The Morgan fingerprint density at radius 1 is 0.527 bits per heavy atom. The predicted octanol–water partition coefficient (Wildman–Crippen LogP) is 12.1. The Morgan fingerprint density at radius 3 is 1.40 bits per heavy atom. The van der Waals surface area contributed by atoms with Crippen LogP contribution in [-0.2, 0) is 0 Å². The Kier molecular flexibility index (Phi) is 16.3. The van der Waals surface area contributed by atoms with E-state index in [1.807, 2.05) is 44.2 Å². The van der Waals surface area contributed by atoms with Crippen LogP contribution in [0.15, 0.2) is 42.5 Å². The van der Waals surface area contributed by atoms with Crippen LogP contribution in [0.25, 0.3) is 34.2 Å². The molecule has 9 heteroatoms. The highest BCUT2D eigenvalue weighted by Crippen LogP contribution is 2.41. The van der Waals surface area contributed by atoms with Crippen molar-refractivity contribution >= 4 is 0 Å². The van der Waals surface area contributed by atoms with Gasteiger partial charge in [-0.25, -0.2) is 15.0 Å². The van der Waals surface area contributed by atoms with Gasteiger partial charge < -0.3 is 29.2 Å². The highest BCUT2D eigenvalue weighted by atomic mass is 16.5. The van der Waals surface area contributed by atoms with E-state index in [0.29, 0.717) is 70.7 Å². The third-order valence-corrected chi connectivity index (χ3v) is 10.4. The SMILES string of the molecule is CCCCCCOc1cc(OC2CCCC2)ccc1-c1nc(-c2ccc(OCCCCCC)c(C)c2O)nc(-c2ccc(OCCCCCC)c(C)c2O)n1. The molecule has 3 aromatic carbocycles. The second kappa shape index (κ2) is 21.5. The number of benzene rings is 3. The number of hydrogen-bond donors (Lipinski definition) is 2. The first-order valence-electron chi connectivity index (χ1n) is 21.0. The van der Waals surface area contributed by atoms with Crippen LogP contribution in [0.4, 0.5) is 0 Å². The van der Waals surface area contributed by atoms with Crippen molar-refractivity contribution < 1.29 is 29.2 Å². The number of hydrogen-bond acceptors (Lipinski definition) is 9. The number of aromatic hydroxyl groups is 2. The smallest absolute Gasteiger partial charge is 0.167 e. The average Bonchev–Trinajstić information content (AvgIpc) is 3.71. The lowest BCUT2D eigenvalue weighted by atomic mass is 10.1. The molecule has 2 N–H and O–H groups in total. The lowest BCUT2D eigenvalue weighted by Crippen LogP contribution is -2.11. The quantitative estimate of drug-likeness (QED) is 0.0714. The van der Waals surface area contributed by atoms with Crippen LogP contribution in [-0.4, -0.2) is 51.1 Å². The van der Waals surface area contributed by atoms with Gasteiger partial charge in [0.15, 0.2) is 17.5 Å². The maximum atomic E-state index is 11.6. The van der Waals surface area contributed by atoms with Gasteiger partial charge >= 0.3 is 0 Å². The van der Waals surface area contributed by atoms with Crippen molar-refractivity contribution in [1.29, 1.82) is 0 Å². The zero-order valence-electron chi connectivity index (χ0n) is 33.9. The van der Waals surface area contributed by atoms with Gasteiger partial charge in [0.05, 0.1) is 42.6 Å². The molecule has 1 aromatic heterocycles. The normalized spacial score (nSPS) is 13.0. The van der Waals surface area contributed by atoms with E-state index in [1.54, 1.807) is 12.1 Å². The lowest BCUT2D eigenvalue weighted by Gasteiger charge is -2.18. The maximum absolute atomic E-state index is 11.6. The van der Waals surface area contributed by atoms with Gasteiger partial charge in [-0.2, -0.15) is 0 Å². The molecule has 1 fully saturated rings. The van der Waals surface area contributed by atoms with Crippen LogP contribution in [0.5, 0.6) is 34.5 Å². The van der Waals surface area contributed by atoms with Gasteiger partial charge in [0, 0.05) is 17.2 Å². The Balaban J connectivity index is 1.56. The fourth-order valence-electron chi connectivity index (χ4n) is 6.99. The van der Waals surface area contributed by atoms with Gasteiger partial charge in [-0.15, -0.1) is 0 Å². The fraction of sp³-hybridized carbons (Fsp3) is 0.543. The molecule has 1 heterocycles. The molecule has 1 saturated carbocycles. The Bertz CT molecular complexity index is 1720. The molecule has 1 aliphatic carbocycles. The van der Waals surface area contributed by atoms with E-state index >= 15 is 0 Å². The molecular formula is C46H63N3O6. The van der Waals surface area contributed by atoms with Crippen molar-refractivity contribution in [3.63, 3.8) is 0 Å². The number of unbranched alkanes of at least 4 members (excludes halogenated alkanes) is 9. The van der Waals surface area contributed by atoms with Crippen molar-refractivity contribution in [2.45, 2.75) is 143 Å². The lowest BCUT2D eigenvalue weighted by molar-refractivity contribution is 0.208. The first-order chi connectivity index (χ1) is 26.8. The molecule has 0 aliphatic heterocycles. The largest absolute Gasteiger partial charge is 0.507 e. The Labute approximate surface area is 328 Å². The van der Waals surface area contributed by atoms with Gasteiger partial charge in [-0.3, -0.25) is 0 Å². The number of ether oxygens (including phenoxy) is 4. The van der Waals surface area contributed by atoms with Crippen molar-refractivity contribution in [2.75, 3.05) is 19.8 Å². The third kappa shape index (κ3) is 11.5. The minimum Gasteiger partial charge on any atom is -0.507 e. The monoisotopic (exact) mass is 753 g/mol. The summed E-state index contributed by atoms with van der Waals surface area (Å²) >= 11 is 0. The number of phenolic OH excluding ortho intramolecular Hbond substituents is 2. The second-order valence-corrected chi connectivity index (χ2v) is 14.9. The van der Waals surface area contributed by atoms with Crippen molar-refractivity contribution in [1.82, 2.24) is 15.0 Å². The Hall–Kier alpha value is -4.53. The summed E-state index contributed by atoms with van der Waals surface area (Å²) in [4.78, 5) is 14.8. The molecule has 0 atom stereocenters. The van der Waals surface area contributed by atoms with Crippen molar-refractivity contribution in [3.05, 3.63) is 53.6 Å². The summed E-state index contributed by atoms with van der Waals surface area (Å²) in [5.74, 6) is 3.60. The molecule has 0 spiro atoms. The van der Waals surface area contributed by atoms with Crippen LogP contribution in [0.1, 0.15) is 135 Å². The van der Waals surface area contributed by atoms with Gasteiger partial charge in [-0.05, 0) is 95.2 Å². The molecule has 0 amide bonds. The van der Waals surface area contributed by atoms with Crippen LogP contribution < -0.4 is 18.9 Å². The van der Waals surface area contributed by atoms with Gasteiger partial charge in [0.2, 0.25) is 0 Å². The molecule has 0 unspecified atom stereocenters. The molecule has 1 aliphatic rings. The Morgan fingerprint density at radius 2 is 0.945 bits per heavy atom. The second-order valence-electron chi connectivity index (χ2n) is 14.9. The minimum atomic E-state index is 0.0362. The van der Waals surface area contributed by atoms with E-state index in [0.717, 1.165) is 82.8 Å². The molecule has 5 rings (SSSR count). The van der Waals surface area contributed by atoms with Crippen LogP contribution in [0.2, 0.25) is 0 Å². The predicted molar refractivity (Wildman–Crippen MR) is 221 cm³/mol. The summed E-state index contributed by atoms with van der Waals surface area (Å²) in [6, 6.07) is 13.1. The van der Waals surface area contributed by atoms with Crippen LogP contribution in [0.3, 0.4) is 0 Å². The van der Waals surface area contributed by atoms with E-state index in [4.69, 9.17) is 33.9 Å². The molecule has 0 saturated heterocycles. The summed E-state index contributed by atoms with van der Waals surface area (Å²) in [7, 11) is 0. The molecule has 4 aromatic rings. The minimum absolute atomic E-state index is 0.0362. The summed E-state index contributed by atoms with van der Waals surface area (Å²) in [5, 5.41) is 23.2. The molecule has 55 heavy (non-hydrogen) atoms. The standard InChI is InChI=1S/C46H63N3O6/c1-6-9-12-17-28-52-39-26-24-37(42(50)32(39)4)45-47-44(48-46(49-45)38-25-27-40(33(5)43(38)51)53-29-18-13-10-7-2)36-23-22-35(55-34-20-15-16-21-34)31-41(36)54-30-19-14-11-8-3/h22-27,31,34,50-51H,6-21,28-30H2,1-5H3. The highest BCUT2D eigenvalue weighted by molar-refractivity contribution is 5.76. The number of phenols is 2. The summed E-state index contributed by atoms with van der Waals surface area (Å²) in [6.07, 6.45) is 17.7. The van der Waals surface area contributed by atoms with E-state index in [9.17, 15) is 10.2 Å². The zero-order chi connectivity index (χ0) is 39.0. The average molecular weight is 754 g/mol. The summed E-state index contributed by atoms with van der Waals surface area (Å²) in [6.45, 7) is 12.0. The summed E-state index contributed by atoms with van der Waals surface area (Å²) < 4.78 is 25.0. The van der Waals surface area contributed by atoms with Gasteiger partial charge in [0.1, 0.15) is 34.5 Å². The number of nitrogens with zero attached hydrogens (tertiary/aromatic N) is 3. The van der Waals surface area contributed by atoms with Gasteiger partial charge in [-0.1, -0.05) is 78.6 Å². The molecular weight excluding hydrogens is 691 g/mol. The zero-order valence-corrected chi connectivity index (χ0v) is 33.9. The van der Waals surface area contributed by atoms with Crippen molar-refractivity contribution in [2.24, 2.45) is 0 Å². The highest BCUT2D eigenvalue weighted by Gasteiger charge is 2.23. The van der Waals surface area contributed by atoms with Crippen LogP contribution >= 0.6 is 0 Å². The van der Waals surface area contributed by atoms with Gasteiger partial charge in [0.25, 0.3) is 0 Å². The first-order valence-corrected chi connectivity index (χ1v) is 21.0. The third-order valence-electron chi connectivity index (χ3n) is 10.4. The molecule has 0 bridgehead atoms. The van der Waals surface area contributed by atoms with Crippen LogP contribution in [0, 0.1) is 13.8 Å². The topological polar surface area (TPSA) is 116 Å². The molecule has 9 nitrogen and oxygen atoms in total. The summed E-state index contributed by atoms with van der Waals surface area (Å²) in [5.41, 5.74) is 2.77. The fourth-order valence-corrected chi connectivity index (χ4v) is 6.99. The van der Waals surface area contributed by atoms with E-state index in [2.05, 4.69) is 20.8 Å². The molecule has 0 radical (unpaired) electrons. The number of aromatic nitrogens is 3. The molecule has 298 valence electrons. The van der Waals surface area contributed by atoms with E-state index < -0.39 is 0 Å². The number of rotatable bonds is 23. The van der Waals surface area contributed by atoms with E-state index in [1.165, 1.54) is 25.7 Å².